The van der Waals surface area contributed by atoms with Gasteiger partial charge in [-0.3, -0.25) is 9.59 Å². The van der Waals surface area contributed by atoms with E-state index in [0.717, 1.165) is 49.4 Å². The maximum Gasteiger partial charge on any atom is 0.308 e. The van der Waals surface area contributed by atoms with Crippen LogP contribution in [0, 0.1) is 0 Å². The van der Waals surface area contributed by atoms with Crippen LogP contribution in [-0.2, 0) is 22.4 Å². The Morgan fingerprint density at radius 1 is 1.25 bits per heavy atom. The van der Waals surface area contributed by atoms with Crippen LogP contribution in [0.2, 0.25) is 0 Å². The molecule has 0 bridgehead atoms. The number of rotatable bonds is 8. The van der Waals surface area contributed by atoms with E-state index in [2.05, 4.69) is 20.2 Å². The molecule has 1 aliphatic rings. The molecule has 0 unspecified atom stereocenters. The lowest BCUT2D eigenvalue weighted by Gasteiger charge is -2.20. The van der Waals surface area contributed by atoms with Gasteiger partial charge in [-0.2, -0.15) is 0 Å². The van der Waals surface area contributed by atoms with E-state index < -0.39 is 5.97 Å². The van der Waals surface area contributed by atoms with Gasteiger partial charge in [0.25, 0.3) is 0 Å². The smallest absolute Gasteiger partial charge is 0.308 e. The van der Waals surface area contributed by atoms with E-state index >= 15 is 0 Å². The SMILES string of the molecule is CCCC(=O)Nc1cccc(Cc2ncc(CC(=O)O)c(N3CCCC3)n2)c1. The first-order chi connectivity index (χ1) is 13.5. The number of hydrogen-bond acceptors (Lipinski definition) is 5. The lowest BCUT2D eigenvalue weighted by Crippen LogP contribution is -2.22. The number of benzene rings is 1. The summed E-state index contributed by atoms with van der Waals surface area (Å²) in [7, 11) is 0. The van der Waals surface area contributed by atoms with E-state index in [1.165, 1.54) is 0 Å². The van der Waals surface area contributed by atoms with Crippen molar-refractivity contribution < 1.29 is 14.7 Å². The maximum atomic E-state index is 11.8. The molecule has 3 rings (SSSR count). The fraction of sp³-hybridized carbons (Fsp3) is 0.429. The number of aliphatic carboxylic acids is 1. The summed E-state index contributed by atoms with van der Waals surface area (Å²) in [6, 6.07) is 7.66. The molecule has 0 radical (unpaired) electrons. The van der Waals surface area contributed by atoms with Gasteiger partial charge < -0.3 is 15.3 Å². The first-order valence-corrected chi connectivity index (χ1v) is 9.75. The van der Waals surface area contributed by atoms with Crippen LogP contribution in [0.1, 0.15) is 49.6 Å². The van der Waals surface area contributed by atoms with Crippen LogP contribution in [0.25, 0.3) is 0 Å². The number of aromatic nitrogens is 2. The quantitative estimate of drug-likeness (QED) is 0.729. The van der Waals surface area contributed by atoms with Gasteiger partial charge in [-0.15, -0.1) is 0 Å². The van der Waals surface area contributed by atoms with Crippen molar-refractivity contribution in [3.05, 3.63) is 47.4 Å². The minimum Gasteiger partial charge on any atom is -0.481 e. The number of nitrogens with zero attached hydrogens (tertiary/aromatic N) is 3. The van der Waals surface area contributed by atoms with Crippen molar-refractivity contribution in [3.8, 4) is 0 Å². The van der Waals surface area contributed by atoms with Crippen LogP contribution >= 0.6 is 0 Å². The third-order valence-electron chi connectivity index (χ3n) is 4.69. The van der Waals surface area contributed by atoms with Crippen LogP contribution in [0.5, 0.6) is 0 Å². The summed E-state index contributed by atoms with van der Waals surface area (Å²) >= 11 is 0. The molecule has 148 valence electrons. The molecule has 0 atom stereocenters. The van der Waals surface area contributed by atoms with E-state index in [4.69, 9.17) is 0 Å². The molecule has 1 aliphatic heterocycles. The van der Waals surface area contributed by atoms with Crippen molar-refractivity contribution in [3.63, 3.8) is 0 Å². The zero-order valence-corrected chi connectivity index (χ0v) is 16.1. The zero-order valence-electron chi connectivity index (χ0n) is 16.1. The lowest BCUT2D eigenvalue weighted by atomic mass is 10.1. The Morgan fingerprint density at radius 3 is 2.75 bits per heavy atom. The first-order valence-electron chi connectivity index (χ1n) is 9.75. The van der Waals surface area contributed by atoms with Gasteiger partial charge in [0, 0.05) is 43.4 Å². The second-order valence-electron chi connectivity index (χ2n) is 7.08. The van der Waals surface area contributed by atoms with E-state index in [0.29, 0.717) is 24.2 Å². The standard InChI is InChI=1S/C21H26N4O3/c1-2-6-19(26)23-17-8-5-7-15(11-17)12-18-22-14-16(13-20(27)28)21(24-18)25-9-3-4-10-25/h5,7-8,11,14H,2-4,6,9-10,12-13H2,1H3,(H,23,26)(H,27,28). The van der Waals surface area contributed by atoms with Gasteiger partial charge in [0.15, 0.2) is 0 Å². The Morgan fingerprint density at radius 2 is 2.04 bits per heavy atom. The molecule has 2 heterocycles. The van der Waals surface area contributed by atoms with Crippen molar-refractivity contribution in [1.82, 2.24) is 9.97 Å². The maximum absolute atomic E-state index is 11.8. The fourth-order valence-corrected chi connectivity index (χ4v) is 3.40. The summed E-state index contributed by atoms with van der Waals surface area (Å²) in [6.07, 6.45) is 5.56. The number of nitrogens with one attached hydrogen (secondary N) is 1. The van der Waals surface area contributed by atoms with Crippen molar-refractivity contribution in [2.45, 2.75) is 45.4 Å². The fourth-order valence-electron chi connectivity index (χ4n) is 3.40. The average Bonchev–Trinajstić information content (AvgIpc) is 3.17. The van der Waals surface area contributed by atoms with Gasteiger partial charge in [0.05, 0.1) is 6.42 Å². The van der Waals surface area contributed by atoms with Crippen LogP contribution in [0.15, 0.2) is 30.5 Å². The molecule has 1 fully saturated rings. The Labute approximate surface area is 164 Å². The number of carbonyl (C=O) groups excluding carboxylic acids is 1. The minimum atomic E-state index is -0.882. The summed E-state index contributed by atoms with van der Waals surface area (Å²) in [4.78, 5) is 34.2. The Kier molecular flexibility index (Phi) is 6.57. The topological polar surface area (TPSA) is 95.4 Å². The van der Waals surface area contributed by atoms with Crippen molar-refractivity contribution in [2.24, 2.45) is 0 Å². The molecular formula is C21H26N4O3. The van der Waals surface area contributed by atoms with Crippen LogP contribution in [0.4, 0.5) is 11.5 Å². The van der Waals surface area contributed by atoms with Crippen LogP contribution in [0.3, 0.4) is 0 Å². The van der Waals surface area contributed by atoms with Crippen molar-refractivity contribution in [2.75, 3.05) is 23.3 Å². The Hall–Kier alpha value is -2.96. The zero-order chi connectivity index (χ0) is 19.9. The molecule has 2 aromatic rings. The van der Waals surface area contributed by atoms with E-state index in [1.807, 2.05) is 31.2 Å². The summed E-state index contributed by atoms with van der Waals surface area (Å²) < 4.78 is 0. The number of carboxylic acid groups (broad SMARTS) is 1. The second kappa shape index (κ2) is 9.30. The first kappa shape index (κ1) is 19.8. The average molecular weight is 382 g/mol. The molecule has 7 nitrogen and oxygen atoms in total. The highest BCUT2D eigenvalue weighted by Gasteiger charge is 2.20. The molecule has 28 heavy (non-hydrogen) atoms. The number of hydrogen-bond donors (Lipinski definition) is 2. The minimum absolute atomic E-state index is 0.00485. The van der Waals surface area contributed by atoms with Crippen molar-refractivity contribution >= 4 is 23.4 Å². The molecule has 1 amide bonds. The predicted octanol–water partition coefficient (Wildman–Crippen LogP) is 3.03. The summed E-state index contributed by atoms with van der Waals surface area (Å²) in [5, 5.41) is 12.1. The largest absolute Gasteiger partial charge is 0.481 e. The molecule has 2 N–H and O–H groups in total. The Balaban J connectivity index is 1.79. The lowest BCUT2D eigenvalue weighted by molar-refractivity contribution is -0.136. The highest BCUT2D eigenvalue weighted by molar-refractivity contribution is 5.90. The van der Waals surface area contributed by atoms with Gasteiger partial charge in [-0.25, -0.2) is 9.97 Å². The Bertz CT molecular complexity index is 847. The normalized spacial score (nSPS) is 13.5. The molecule has 0 aliphatic carbocycles. The number of amides is 1. The molecule has 7 heteroatoms. The van der Waals surface area contributed by atoms with Crippen molar-refractivity contribution in [1.29, 1.82) is 0 Å². The van der Waals surface area contributed by atoms with Gasteiger partial charge in [-0.1, -0.05) is 19.1 Å². The summed E-state index contributed by atoms with van der Waals surface area (Å²) in [5.41, 5.74) is 2.41. The molecule has 1 aromatic carbocycles. The second-order valence-corrected chi connectivity index (χ2v) is 7.08. The van der Waals surface area contributed by atoms with Gasteiger partial charge in [0.2, 0.25) is 5.91 Å². The number of anilines is 2. The predicted molar refractivity (Wildman–Crippen MR) is 108 cm³/mol. The molecule has 0 spiro atoms. The van der Waals surface area contributed by atoms with E-state index in [1.54, 1.807) is 6.20 Å². The molecular weight excluding hydrogens is 356 g/mol. The van der Waals surface area contributed by atoms with E-state index in [-0.39, 0.29) is 12.3 Å². The van der Waals surface area contributed by atoms with E-state index in [9.17, 15) is 14.7 Å². The number of carboxylic acids is 1. The molecule has 0 saturated carbocycles. The third-order valence-corrected chi connectivity index (χ3v) is 4.69. The summed E-state index contributed by atoms with van der Waals surface area (Å²) in [5.74, 6) is 0.503. The monoisotopic (exact) mass is 382 g/mol. The number of carbonyl (C=O) groups is 2. The summed E-state index contributed by atoms with van der Waals surface area (Å²) in [6.45, 7) is 3.75. The van der Waals surface area contributed by atoms with Crippen LogP contribution < -0.4 is 10.2 Å². The van der Waals surface area contributed by atoms with Gasteiger partial charge in [0.1, 0.15) is 11.6 Å². The van der Waals surface area contributed by atoms with Crippen LogP contribution in [-0.4, -0.2) is 40.0 Å². The highest BCUT2D eigenvalue weighted by atomic mass is 16.4. The third kappa shape index (κ3) is 5.28. The highest BCUT2D eigenvalue weighted by Crippen LogP contribution is 2.23. The van der Waals surface area contributed by atoms with Gasteiger partial charge >= 0.3 is 5.97 Å². The van der Waals surface area contributed by atoms with Gasteiger partial charge in [-0.05, 0) is 37.0 Å². The molecule has 1 aromatic heterocycles. The molecule has 1 saturated heterocycles.